The maximum absolute atomic E-state index is 13.8. The number of carbonyl (C=O) groups excluding carboxylic acids is 1. The van der Waals surface area contributed by atoms with Crippen LogP contribution < -0.4 is 5.32 Å². The number of nitrogens with one attached hydrogen (secondary N) is 1. The summed E-state index contributed by atoms with van der Waals surface area (Å²) in [7, 11) is 0. The van der Waals surface area contributed by atoms with Crippen LogP contribution in [-0.4, -0.2) is 52.9 Å². The first-order chi connectivity index (χ1) is 14.9. The number of anilines is 1. The van der Waals surface area contributed by atoms with Gasteiger partial charge in [0.05, 0.1) is 18.3 Å². The minimum Gasteiger partial charge on any atom is -0.487 e. The molecule has 0 fully saturated rings. The first-order valence-electron chi connectivity index (χ1n) is 10.5. The fraction of sp³-hybridized carbons (Fsp3) is 0.375. The average Bonchev–Trinajstić information content (AvgIpc) is 3.29. The molecule has 4 rings (SSSR count). The molecule has 0 spiro atoms. The molecule has 2 aromatic rings. The van der Waals surface area contributed by atoms with E-state index >= 15 is 0 Å². The van der Waals surface area contributed by atoms with Gasteiger partial charge in [0.15, 0.2) is 0 Å². The van der Waals surface area contributed by atoms with Crippen molar-refractivity contribution < 1.29 is 24.1 Å². The quantitative estimate of drug-likeness (QED) is 0.593. The standard InChI is InChI=1S/C24H27FN2O4/c1-14(2)27(11-18(29)12-28)8-7-15-3-5-19-16(9-15)13-31-23(19)22-20-10-17(25)4-6-21(20)26-24(22)30/h3-6,9-10,14,18,28-29H,7-8,11-13H2,1-2H3,(H,26,30). The van der Waals surface area contributed by atoms with Crippen molar-refractivity contribution in [2.24, 2.45) is 0 Å². The van der Waals surface area contributed by atoms with E-state index in [1.165, 1.54) is 12.1 Å². The number of hydrogen-bond acceptors (Lipinski definition) is 5. The Morgan fingerprint density at radius 1 is 1.19 bits per heavy atom. The Bertz CT molecular complexity index is 1030. The van der Waals surface area contributed by atoms with E-state index in [-0.39, 0.29) is 18.6 Å². The fourth-order valence-corrected chi connectivity index (χ4v) is 4.10. The van der Waals surface area contributed by atoms with Crippen LogP contribution in [0.25, 0.3) is 11.3 Å². The van der Waals surface area contributed by atoms with Gasteiger partial charge in [0, 0.05) is 41.5 Å². The third kappa shape index (κ3) is 4.35. The number of halogens is 1. The van der Waals surface area contributed by atoms with Crippen LogP contribution in [0.3, 0.4) is 0 Å². The average molecular weight is 426 g/mol. The molecule has 2 heterocycles. The summed E-state index contributed by atoms with van der Waals surface area (Å²) in [6, 6.07) is 10.5. The maximum Gasteiger partial charge on any atom is 0.260 e. The number of aliphatic hydroxyl groups is 2. The zero-order chi connectivity index (χ0) is 22.1. The van der Waals surface area contributed by atoms with E-state index < -0.39 is 11.9 Å². The summed E-state index contributed by atoms with van der Waals surface area (Å²) < 4.78 is 19.7. The Hall–Kier alpha value is -2.74. The number of rotatable bonds is 7. The van der Waals surface area contributed by atoms with Gasteiger partial charge in [-0.1, -0.05) is 18.2 Å². The van der Waals surface area contributed by atoms with Gasteiger partial charge in [-0.25, -0.2) is 4.39 Å². The Morgan fingerprint density at radius 3 is 2.74 bits per heavy atom. The van der Waals surface area contributed by atoms with E-state index in [4.69, 9.17) is 9.84 Å². The lowest BCUT2D eigenvalue weighted by molar-refractivity contribution is -0.110. The summed E-state index contributed by atoms with van der Waals surface area (Å²) in [5, 5.41) is 21.7. The number of nitrogens with zero attached hydrogens (tertiary/aromatic N) is 1. The van der Waals surface area contributed by atoms with Gasteiger partial charge in [0.25, 0.3) is 5.91 Å². The zero-order valence-electron chi connectivity index (χ0n) is 17.7. The molecule has 2 aromatic carbocycles. The third-order valence-electron chi connectivity index (χ3n) is 5.81. The number of amides is 1. The molecule has 1 unspecified atom stereocenters. The molecule has 6 nitrogen and oxygen atoms in total. The molecule has 0 saturated heterocycles. The molecular formula is C24H27FN2O4. The van der Waals surface area contributed by atoms with Gasteiger partial charge < -0.3 is 20.3 Å². The molecule has 2 aliphatic heterocycles. The summed E-state index contributed by atoms with van der Waals surface area (Å²) in [4.78, 5) is 14.7. The molecule has 1 atom stereocenters. The molecule has 3 N–H and O–H groups in total. The highest BCUT2D eigenvalue weighted by Crippen LogP contribution is 2.41. The topological polar surface area (TPSA) is 82.0 Å². The monoisotopic (exact) mass is 426 g/mol. The number of ether oxygens (including phenoxy) is 1. The van der Waals surface area contributed by atoms with Crippen LogP contribution in [0.4, 0.5) is 10.1 Å². The summed E-state index contributed by atoms with van der Waals surface area (Å²) in [6.45, 7) is 5.40. The number of fused-ring (bicyclic) bond motifs is 2. The Morgan fingerprint density at radius 2 is 2.00 bits per heavy atom. The highest BCUT2D eigenvalue weighted by atomic mass is 19.1. The van der Waals surface area contributed by atoms with Crippen LogP contribution >= 0.6 is 0 Å². The summed E-state index contributed by atoms with van der Waals surface area (Å²) in [6.07, 6.45) is 0.0274. The van der Waals surface area contributed by atoms with Crippen molar-refractivity contribution in [3.05, 3.63) is 64.5 Å². The Balaban J connectivity index is 1.56. The van der Waals surface area contributed by atoms with Crippen LogP contribution in [0, 0.1) is 5.82 Å². The van der Waals surface area contributed by atoms with Crippen molar-refractivity contribution in [3.8, 4) is 0 Å². The van der Waals surface area contributed by atoms with Crippen LogP contribution in [0.2, 0.25) is 0 Å². The molecular weight excluding hydrogens is 399 g/mol. The van der Waals surface area contributed by atoms with Crippen molar-refractivity contribution >= 4 is 22.9 Å². The van der Waals surface area contributed by atoms with Crippen molar-refractivity contribution in [3.63, 3.8) is 0 Å². The minimum absolute atomic E-state index is 0.247. The first-order valence-corrected chi connectivity index (χ1v) is 10.5. The van der Waals surface area contributed by atoms with Crippen LogP contribution in [-0.2, 0) is 22.6 Å². The number of carbonyl (C=O) groups is 1. The largest absolute Gasteiger partial charge is 0.487 e. The van der Waals surface area contributed by atoms with Crippen LogP contribution in [0.1, 0.15) is 36.1 Å². The molecule has 0 bridgehead atoms. The van der Waals surface area contributed by atoms with Gasteiger partial charge in [-0.15, -0.1) is 0 Å². The summed E-state index contributed by atoms with van der Waals surface area (Å²) >= 11 is 0. The SMILES string of the molecule is CC(C)N(CCc1ccc2c(c1)COC2=C1C(=O)Nc2ccc(F)cc21)CC(O)CO. The van der Waals surface area contributed by atoms with Crippen molar-refractivity contribution in [2.75, 3.05) is 25.0 Å². The zero-order valence-corrected chi connectivity index (χ0v) is 17.7. The highest BCUT2D eigenvalue weighted by molar-refractivity contribution is 6.36. The number of benzene rings is 2. The van der Waals surface area contributed by atoms with Crippen molar-refractivity contribution in [1.29, 1.82) is 0 Å². The summed E-state index contributed by atoms with van der Waals surface area (Å²) in [5.74, 6) is -0.205. The first kappa shape index (κ1) is 21.5. The molecule has 2 aliphatic rings. The molecule has 0 saturated carbocycles. The minimum atomic E-state index is -0.754. The predicted molar refractivity (Wildman–Crippen MR) is 117 cm³/mol. The third-order valence-corrected chi connectivity index (χ3v) is 5.81. The van der Waals surface area contributed by atoms with E-state index in [0.717, 1.165) is 29.7 Å². The lowest BCUT2D eigenvalue weighted by atomic mass is 9.98. The van der Waals surface area contributed by atoms with E-state index in [9.17, 15) is 14.3 Å². The van der Waals surface area contributed by atoms with Crippen molar-refractivity contribution in [2.45, 2.75) is 39.0 Å². The fourth-order valence-electron chi connectivity index (χ4n) is 4.10. The van der Waals surface area contributed by atoms with Gasteiger partial charge in [-0.05, 0) is 44.0 Å². The second-order valence-electron chi connectivity index (χ2n) is 8.30. The molecule has 0 radical (unpaired) electrons. The predicted octanol–water partition coefficient (Wildman–Crippen LogP) is 2.78. The molecule has 164 valence electrons. The number of hydrogen-bond donors (Lipinski definition) is 3. The van der Waals surface area contributed by atoms with Gasteiger partial charge in [0.2, 0.25) is 0 Å². The van der Waals surface area contributed by atoms with Gasteiger partial charge >= 0.3 is 0 Å². The Kier molecular flexibility index (Phi) is 6.09. The van der Waals surface area contributed by atoms with Crippen LogP contribution in [0.5, 0.6) is 0 Å². The van der Waals surface area contributed by atoms with E-state index in [1.54, 1.807) is 6.07 Å². The lowest BCUT2D eigenvalue weighted by Gasteiger charge is -2.28. The molecule has 1 amide bonds. The van der Waals surface area contributed by atoms with Gasteiger partial charge in [0.1, 0.15) is 18.2 Å². The maximum atomic E-state index is 13.8. The molecule has 7 heteroatoms. The second kappa shape index (κ2) is 8.78. The highest BCUT2D eigenvalue weighted by Gasteiger charge is 2.32. The molecule has 0 aliphatic carbocycles. The van der Waals surface area contributed by atoms with Gasteiger partial charge in [-0.2, -0.15) is 0 Å². The normalized spacial score (nSPS) is 18.2. The van der Waals surface area contributed by atoms with E-state index in [1.807, 2.05) is 12.1 Å². The van der Waals surface area contributed by atoms with Gasteiger partial charge in [-0.3, -0.25) is 9.69 Å². The van der Waals surface area contributed by atoms with E-state index in [0.29, 0.717) is 35.7 Å². The molecule has 0 aromatic heterocycles. The lowest BCUT2D eigenvalue weighted by Crippen LogP contribution is -2.40. The van der Waals surface area contributed by atoms with E-state index in [2.05, 4.69) is 30.1 Å². The Labute approximate surface area is 181 Å². The van der Waals surface area contributed by atoms with Crippen LogP contribution in [0.15, 0.2) is 36.4 Å². The smallest absolute Gasteiger partial charge is 0.260 e. The number of aliphatic hydroxyl groups excluding tert-OH is 2. The van der Waals surface area contributed by atoms with Crippen molar-refractivity contribution in [1.82, 2.24) is 4.90 Å². The molecule has 31 heavy (non-hydrogen) atoms. The second-order valence-corrected chi connectivity index (χ2v) is 8.30. The summed E-state index contributed by atoms with van der Waals surface area (Å²) in [5.41, 5.74) is 4.44.